The van der Waals surface area contributed by atoms with Crippen LogP contribution >= 0.6 is 0 Å². The number of amides is 2. The van der Waals surface area contributed by atoms with E-state index < -0.39 is 6.04 Å². The van der Waals surface area contributed by atoms with Crippen molar-refractivity contribution in [3.8, 4) is 0 Å². The Morgan fingerprint density at radius 2 is 1.85 bits per heavy atom. The van der Waals surface area contributed by atoms with Crippen LogP contribution in [0.15, 0.2) is 60.9 Å². The van der Waals surface area contributed by atoms with E-state index in [4.69, 9.17) is 0 Å². The predicted octanol–water partition coefficient (Wildman–Crippen LogP) is 1.75. The summed E-state index contributed by atoms with van der Waals surface area (Å²) < 4.78 is 1.92. The Morgan fingerprint density at radius 1 is 1.08 bits per heavy atom. The number of likely N-dealkylation sites (N-methyl/N-ethyl adjacent to an activating group) is 1. The number of carbonyl (C=O) groups excluding carboxylic acids is 2. The first-order valence-electron chi connectivity index (χ1n) is 8.63. The van der Waals surface area contributed by atoms with Crippen LogP contribution in [-0.4, -0.2) is 50.6 Å². The van der Waals surface area contributed by atoms with Gasteiger partial charge in [-0.15, -0.1) is 0 Å². The molecule has 1 aliphatic heterocycles. The summed E-state index contributed by atoms with van der Waals surface area (Å²) in [4.78, 5) is 33.2. The van der Waals surface area contributed by atoms with Gasteiger partial charge in [-0.25, -0.2) is 4.98 Å². The number of nitrogens with zero attached hydrogens (tertiary/aromatic N) is 4. The second-order valence-electron chi connectivity index (χ2n) is 6.62. The van der Waals surface area contributed by atoms with Gasteiger partial charge in [0.25, 0.3) is 0 Å². The summed E-state index contributed by atoms with van der Waals surface area (Å²) in [6, 6.07) is 15.1. The highest BCUT2D eigenvalue weighted by Crippen LogP contribution is 2.19. The third-order valence-electron chi connectivity index (χ3n) is 4.75. The summed E-state index contributed by atoms with van der Waals surface area (Å²) in [6.07, 6.45) is 4.33. The fourth-order valence-electron chi connectivity index (χ4n) is 3.40. The number of piperazine rings is 1. The van der Waals surface area contributed by atoms with E-state index in [9.17, 15) is 9.59 Å². The van der Waals surface area contributed by atoms with Crippen LogP contribution < -0.4 is 0 Å². The van der Waals surface area contributed by atoms with Crippen molar-refractivity contribution in [2.45, 2.75) is 19.0 Å². The van der Waals surface area contributed by atoms with Gasteiger partial charge in [-0.1, -0.05) is 36.4 Å². The average molecular weight is 348 g/mol. The lowest BCUT2D eigenvalue weighted by molar-refractivity contribution is -0.155. The number of fused-ring (bicyclic) bond motifs is 1. The Morgan fingerprint density at radius 3 is 2.62 bits per heavy atom. The van der Waals surface area contributed by atoms with Gasteiger partial charge in [-0.05, 0) is 17.7 Å². The number of carbonyl (C=O) groups is 2. The molecule has 0 spiro atoms. The zero-order valence-electron chi connectivity index (χ0n) is 14.6. The van der Waals surface area contributed by atoms with Crippen LogP contribution in [0.3, 0.4) is 0 Å². The van der Waals surface area contributed by atoms with Gasteiger partial charge in [-0.3, -0.25) is 9.59 Å². The van der Waals surface area contributed by atoms with Gasteiger partial charge in [0.15, 0.2) is 0 Å². The molecule has 0 N–H and O–H groups in total. The van der Waals surface area contributed by atoms with Gasteiger partial charge < -0.3 is 14.2 Å². The maximum absolute atomic E-state index is 12.8. The van der Waals surface area contributed by atoms with Crippen molar-refractivity contribution in [3.63, 3.8) is 0 Å². The molecule has 0 unspecified atom stereocenters. The fraction of sp³-hybridized carbons (Fsp3) is 0.250. The molecule has 2 amide bonds. The first-order valence-corrected chi connectivity index (χ1v) is 8.63. The van der Waals surface area contributed by atoms with Gasteiger partial charge in [-0.2, -0.15) is 0 Å². The largest absolute Gasteiger partial charge is 0.335 e. The van der Waals surface area contributed by atoms with Crippen LogP contribution in [0.2, 0.25) is 0 Å². The average Bonchev–Trinajstić information content (AvgIpc) is 3.06. The van der Waals surface area contributed by atoms with E-state index in [0.29, 0.717) is 13.0 Å². The van der Waals surface area contributed by atoms with E-state index >= 15 is 0 Å². The molecule has 3 heterocycles. The van der Waals surface area contributed by atoms with Gasteiger partial charge in [0.05, 0.1) is 18.8 Å². The minimum atomic E-state index is -0.506. The lowest BCUT2D eigenvalue weighted by Gasteiger charge is -2.38. The lowest BCUT2D eigenvalue weighted by atomic mass is 10.0. The predicted molar refractivity (Wildman–Crippen MR) is 97.3 cm³/mol. The SMILES string of the molecule is CN1CC(=O)N(Cc2cn3ccccc3n2)[C@H](Cc2ccccc2)C1=O. The molecular weight excluding hydrogens is 328 g/mol. The summed E-state index contributed by atoms with van der Waals surface area (Å²) >= 11 is 0. The van der Waals surface area contributed by atoms with E-state index in [1.54, 1.807) is 11.9 Å². The molecule has 2 aromatic heterocycles. The second-order valence-corrected chi connectivity index (χ2v) is 6.62. The van der Waals surface area contributed by atoms with Crippen LogP contribution in [0.1, 0.15) is 11.3 Å². The molecule has 6 nitrogen and oxygen atoms in total. The van der Waals surface area contributed by atoms with Crippen LogP contribution in [0.5, 0.6) is 0 Å². The normalized spacial score (nSPS) is 18.0. The third kappa shape index (κ3) is 3.06. The highest BCUT2D eigenvalue weighted by molar-refractivity contribution is 5.94. The molecule has 1 atom stereocenters. The van der Waals surface area contributed by atoms with Gasteiger partial charge in [0.1, 0.15) is 11.7 Å². The molecule has 1 aromatic carbocycles. The molecule has 4 rings (SSSR count). The highest BCUT2D eigenvalue weighted by atomic mass is 16.2. The molecule has 0 aliphatic carbocycles. The molecule has 1 fully saturated rings. The zero-order valence-corrected chi connectivity index (χ0v) is 14.6. The zero-order chi connectivity index (χ0) is 18.1. The van der Waals surface area contributed by atoms with Crippen LogP contribution in [0.25, 0.3) is 5.65 Å². The molecule has 1 saturated heterocycles. The molecule has 3 aromatic rings. The maximum atomic E-state index is 12.8. The summed E-state index contributed by atoms with van der Waals surface area (Å²) in [7, 11) is 1.68. The van der Waals surface area contributed by atoms with Crippen molar-refractivity contribution in [2.75, 3.05) is 13.6 Å². The number of rotatable bonds is 4. The number of hydrogen-bond donors (Lipinski definition) is 0. The second kappa shape index (κ2) is 6.63. The minimum absolute atomic E-state index is 0.0304. The first-order chi connectivity index (χ1) is 12.6. The molecule has 0 saturated carbocycles. The topological polar surface area (TPSA) is 57.9 Å². The Hall–Kier alpha value is -3.15. The molecular formula is C20H20N4O2. The van der Waals surface area contributed by atoms with Crippen molar-refractivity contribution in [1.29, 1.82) is 0 Å². The van der Waals surface area contributed by atoms with E-state index in [1.807, 2.05) is 65.3 Å². The monoisotopic (exact) mass is 348 g/mol. The maximum Gasteiger partial charge on any atom is 0.245 e. The number of pyridine rings is 1. The van der Waals surface area contributed by atoms with Crippen LogP contribution in [-0.2, 0) is 22.6 Å². The van der Waals surface area contributed by atoms with Crippen molar-refractivity contribution in [1.82, 2.24) is 19.2 Å². The summed E-state index contributed by atoms with van der Waals surface area (Å²) in [5.74, 6) is -0.0812. The Bertz CT molecular complexity index is 918. The summed E-state index contributed by atoms with van der Waals surface area (Å²) in [5.41, 5.74) is 2.64. The van der Waals surface area contributed by atoms with Crippen molar-refractivity contribution >= 4 is 17.5 Å². The highest BCUT2D eigenvalue weighted by Gasteiger charge is 2.38. The molecule has 1 aliphatic rings. The standard InChI is InChI=1S/C20H20N4O2/c1-22-14-19(25)24(13-16-12-23-10-6-5-9-18(23)21-16)17(20(22)26)11-15-7-3-2-4-8-15/h2-10,12,17H,11,13-14H2,1H3/t17-/m1/s1. The van der Waals surface area contributed by atoms with Crippen molar-refractivity contribution in [2.24, 2.45) is 0 Å². The lowest BCUT2D eigenvalue weighted by Crippen LogP contribution is -2.59. The Kier molecular flexibility index (Phi) is 4.16. The fourth-order valence-corrected chi connectivity index (χ4v) is 3.40. The van der Waals surface area contributed by atoms with Gasteiger partial charge in [0.2, 0.25) is 11.8 Å². The number of imidazole rings is 1. The molecule has 26 heavy (non-hydrogen) atoms. The number of aromatic nitrogens is 2. The van der Waals surface area contributed by atoms with Gasteiger partial charge in [0, 0.05) is 25.9 Å². The van der Waals surface area contributed by atoms with Crippen LogP contribution in [0.4, 0.5) is 0 Å². The third-order valence-corrected chi connectivity index (χ3v) is 4.75. The number of hydrogen-bond acceptors (Lipinski definition) is 3. The number of benzene rings is 1. The van der Waals surface area contributed by atoms with Crippen LogP contribution in [0, 0.1) is 0 Å². The van der Waals surface area contributed by atoms with Crippen molar-refractivity contribution in [3.05, 3.63) is 72.2 Å². The smallest absolute Gasteiger partial charge is 0.245 e. The van der Waals surface area contributed by atoms with E-state index in [1.165, 1.54) is 4.90 Å². The van der Waals surface area contributed by atoms with E-state index in [0.717, 1.165) is 16.9 Å². The Balaban J connectivity index is 1.63. The molecule has 132 valence electrons. The van der Waals surface area contributed by atoms with Gasteiger partial charge >= 0.3 is 0 Å². The first kappa shape index (κ1) is 16.3. The van der Waals surface area contributed by atoms with Crippen molar-refractivity contribution < 1.29 is 9.59 Å². The summed E-state index contributed by atoms with van der Waals surface area (Å²) in [6.45, 7) is 0.440. The van der Waals surface area contributed by atoms with E-state index in [2.05, 4.69) is 4.98 Å². The van der Waals surface area contributed by atoms with E-state index in [-0.39, 0.29) is 18.4 Å². The minimum Gasteiger partial charge on any atom is -0.335 e. The Labute approximate surface area is 151 Å². The molecule has 0 radical (unpaired) electrons. The summed E-state index contributed by atoms with van der Waals surface area (Å²) in [5, 5.41) is 0. The molecule has 6 heteroatoms. The molecule has 0 bridgehead atoms. The quantitative estimate of drug-likeness (QED) is 0.722.